The Balaban J connectivity index is 0.00000357. The summed E-state index contributed by atoms with van der Waals surface area (Å²) in [6.07, 6.45) is 10.1. The van der Waals surface area contributed by atoms with Gasteiger partial charge >= 0.3 is 0 Å². The maximum Gasteiger partial charge on any atom is 0.0710 e. The molecule has 0 atom stereocenters. The van der Waals surface area contributed by atoms with E-state index in [4.69, 9.17) is 15.0 Å². The van der Waals surface area contributed by atoms with Gasteiger partial charge in [-0.3, -0.25) is 0 Å². The van der Waals surface area contributed by atoms with Crippen molar-refractivity contribution in [2.75, 3.05) is 0 Å². The van der Waals surface area contributed by atoms with Gasteiger partial charge in [0.2, 0.25) is 0 Å². The molecule has 4 heteroatoms. The van der Waals surface area contributed by atoms with Crippen molar-refractivity contribution in [3.8, 4) is 0 Å². The van der Waals surface area contributed by atoms with Crippen molar-refractivity contribution in [2.24, 2.45) is 0 Å². The van der Waals surface area contributed by atoms with Gasteiger partial charge in [0.05, 0.1) is 11.4 Å². The number of nitrogens with zero attached hydrogens (tertiary/aromatic N) is 3. The molecular weight excluding hydrogens is 642 g/mol. The normalized spacial score (nSPS) is 12.6. The number of allylic oxidation sites excluding steroid dienone is 2. The summed E-state index contributed by atoms with van der Waals surface area (Å²) in [7, 11) is 0. The molecule has 3 aromatic heterocycles. The van der Waals surface area contributed by atoms with Crippen LogP contribution < -0.4 is 9.97 Å². The Kier molecular flexibility index (Phi) is 8.78. The van der Waals surface area contributed by atoms with E-state index in [0.717, 1.165) is 79.7 Å². The van der Waals surface area contributed by atoms with Gasteiger partial charge in [-0.05, 0) is 37.8 Å². The molecule has 2 aliphatic rings. The van der Waals surface area contributed by atoms with Gasteiger partial charge in [0.25, 0.3) is 0 Å². The van der Waals surface area contributed by atoms with Crippen molar-refractivity contribution in [1.29, 1.82) is 0 Å². The molecular formula is C41H34AgN3-3. The Hall–Kier alpha value is -4.41. The van der Waals surface area contributed by atoms with Gasteiger partial charge < -0.3 is 9.97 Å². The number of benzene rings is 2. The molecule has 1 aliphatic carbocycles. The third-order valence-electron chi connectivity index (χ3n) is 8.69. The summed E-state index contributed by atoms with van der Waals surface area (Å²) in [5.41, 5.74) is 17.0. The van der Waals surface area contributed by atoms with Crippen LogP contribution in [0.25, 0.3) is 45.4 Å². The average Bonchev–Trinajstić information content (AvgIpc) is 3.57. The van der Waals surface area contributed by atoms with Gasteiger partial charge in [-0.25, -0.2) is 4.98 Å². The molecule has 0 saturated heterocycles. The molecule has 0 saturated carbocycles. The summed E-state index contributed by atoms with van der Waals surface area (Å²) in [5.74, 6) is 0. The molecule has 2 aromatic carbocycles. The second-order valence-electron chi connectivity index (χ2n) is 11.4. The summed E-state index contributed by atoms with van der Waals surface area (Å²) in [6, 6.07) is 33.5. The molecule has 0 spiro atoms. The van der Waals surface area contributed by atoms with Gasteiger partial charge in [-0.1, -0.05) is 109 Å². The third-order valence-corrected chi connectivity index (χ3v) is 8.69. The van der Waals surface area contributed by atoms with Crippen LogP contribution in [-0.2, 0) is 35.2 Å². The largest absolute Gasteiger partial charge is 0.664 e. The third kappa shape index (κ3) is 5.76. The van der Waals surface area contributed by atoms with Crippen molar-refractivity contribution >= 4 is 45.4 Å². The van der Waals surface area contributed by atoms with Crippen LogP contribution in [0.4, 0.5) is 0 Å². The Labute approximate surface area is 281 Å². The summed E-state index contributed by atoms with van der Waals surface area (Å²) in [5, 5.41) is 0. The predicted molar refractivity (Wildman–Crippen MR) is 184 cm³/mol. The van der Waals surface area contributed by atoms with Crippen LogP contribution in [0.15, 0.2) is 97.1 Å². The minimum Gasteiger partial charge on any atom is -0.664 e. The van der Waals surface area contributed by atoms with Crippen LogP contribution in [0.2, 0.25) is 0 Å². The zero-order chi connectivity index (χ0) is 30.2. The monoisotopic (exact) mass is 675 g/mol. The van der Waals surface area contributed by atoms with Crippen LogP contribution in [0.1, 0.15) is 69.7 Å². The van der Waals surface area contributed by atoms with Gasteiger partial charge in [-0.2, -0.15) is 11.0 Å². The number of hydrogen-bond donors (Lipinski definition) is 0. The fourth-order valence-corrected chi connectivity index (χ4v) is 6.46. The van der Waals surface area contributed by atoms with Crippen LogP contribution in [0.5, 0.6) is 0 Å². The zero-order valence-corrected chi connectivity index (χ0v) is 27.4. The fraction of sp³-hybridized carbons (Fsp3) is 0.146. The van der Waals surface area contributed by atoms with Crippen molar-refractivity contribution in [1.82, 2.24) is 15.0 Å². The molecule has 1 aliphatic heterocycles. The summed E-state index contributed by atoms with van der Waals surface area (Å²) in [4.78, 5) is 15.8. The number of hydrogen-bond acceptors (Lipinski definition) is 1. The first kappa shape index (κ1) is 30.6. The molecule has 3 nitrogen and oxygen atoms in total. The maximum absolute atomic E-state index is 5.38. The van der Waals surface area contributed by atoms with Crippen molar-refractivity contribution in [3.63, 3.8) is 0 Å². The van der Waals surface area contributed by atoms with Gasteiger partial charge in [0, 0.05) is 33.5 Å². The van der Waals surface area contributed by atoms with E-state index < -0.39 is 0 Å². The Morgan fingerprint density at radius 2 is 1.00 bits per heavy atom. The first-order valence-electron chi connectivity index (χ1n) is 15.4. The maximum atomic E-state index is 5.38. The molecule has 0 N–H and O–H groups in total. The minimum atomic E-state index is 0. The number of fused-ring (bicyclic) bond motifs is 8. The summed E-state index contributed by atoms with van der Waals surface area (Å²) < 4.78 is 0. The molecule has 8 bridgehead atoms. The van der Waals surface area contributed by atoms with E-state index in [1.165, 1.54) is 22.3 Å². The van der Waals surface area contributed by atoms with E-state index >= 15 is 0 Å². The van der Waals surface area contributed by atoms with E-state index in [1.54, 1.807) is 0 Å². The molecule has 0 amide bonds. The molecule has 227 valence electrons. The standard InChI is InChI=1S/C41H34N3.Ag/c1-5-32-26(3)34-22-28-15-13-14-16-29(21-28)23-35-27(4)33(6-2)37(43-35)25-39-41(31-19-11-8-12-20-31)40(30-17-9-7-10-18-30)38(44-39)24-36(32)42-34;/h7-20,22-25H,5-6H2,1-4H3;/q-3;. The van der Waals surface area contributed by atoms with E-state index in [0.29, 0.717) is 0 Å². The van der Waals surface area contributed by atoms with Gasteiger partial charge in [0.15, 0.2) is 0 Å². The Bertz CT molecular complexity index is 1990. The first-order valence-corrected chi connectivity index (χ1v) is 15.4. The van der Waals surface area contributed by atoms with Crippen LogP contribution in [0, 0.1) is 19.9 Å². The molecule has 5 aromatic rings. The molecule has 0 fully saturated rings. The second kappa shape index (κ2) is 12.9. The fourth-order valence-electron chi connectivity index (χ4n) is 6.46. The molecule has 4 heterocycles. The Morgan fingerprint density at radius 1 is 0.578 bits per heavy atom. The van der Waals surface area contributed by atoms with Gasteiger partial charge in [-0.15, -0.1) is 64.7 Å². The smallest absolute Gasteiger partial charge is 0.0710 e. The van der Waals surface area contributed by atoms with Crippen LogP contribution in [0.3, 0.4) is 0 Å². The number of rotatable bonds is 4. The SMILES string of the molecule is CCc1c(C)c2cc3[c-]c(cc4[n-]c(cc5nc(cc1[n-]2)C(c1ccccc1)=C5c1ccccc1)c(CC)c4C)C=CC=C3.[Ag]. The Morgan fingerprint density at radius 3 is 1.40 bits per heavy atom. The molecule has 45 heavy (non-hydrogen) atoms. The van der Waals surface area contributed by atoms with Crippen LogP contribution in [-0.4, -0.2) is 4.98 Å². The number of aryl methyl sites for hydroxylation is 4. The van der Waals surface area contributed by atoms with Crippen molar-refractivity contribution in [3.05, 3.63) is 159 Å². The number of aromatic nitrogens is 3. The molecule has 0 unspecified atom stereocenters. The summed E-state index contributed by atoms with van der Waals surface area (Å²) in [6.45, 7) is 8.76. The van der Waals surface area contributed by atoms with Crippen molar-refractivity contribution in [2.45, 2.75) is 40.5 Å². The quantitative estimate of drug-likeness (QED) is 0.138. The second-order valence-corrected chi connectivity index (χ2v) is 11.4. The molecule has 1 radical (unpaired) electrons. The van der Waals surface area contributed by atoms with Crippen LogP contribution >= 0.6 is 0 Å². The molecule has 7 rings (SSSR count). The minimum absolute atomic E-state index is 0. The summed E-state index contributed by atoms with van der Waals surface area (Å²) >= 11 is 0. The predicted octanol–water partition coefficient (Wildman–Crippen LogP) is 9.45. The zero-order valence-electron chi connectivity index (χ0n) is 25.9. The van der Waals surface area contributed by atoms with Gasteiger partial charge in [0.1, 0.15) is 0 Å². The van der Waals surface area contributed by atoms with E-state index in [-0.39, 0.29) is 22.4 Å². The average molecular weight is 677 g/mol. The van der Waals surface area contributed by atoms with E-state index in [1.807, 2.05) is 0 Å². The van der Waals surface area contributed by atoms with Crippen molar-refractivity contribution < 1.29 is 22.4 Å². The van der Waals surface area contributed by atoms with E-state index in [2.05, 4.69) is 143 Å². The topological polar surface area (TPSA) is 41.1 Å². The first-order chi connectivity index (χ1) is 21.5. The van der Waals surface area contributed by atoms with E-state index in [9.17, 15) is 0 Å².